The van der Waals surface area contributed by atoms with Gasteiger partial charge in [-0.3, -0.25) is 4.79 Å². The Kier molecular flexibility index (Phi) is 2.69. The normalized spacial score (nSPS) is 32.2. The number of β-amino-alcohol motifs (C(OH)–C–C–N with tert-alkyl or cyclic N) is 1. The SMILES string of the molecule is CC1CC(O)CN1C(=O)[C@H](C)O. The van der Waals surface area contributed by atoms with Crippen molar-refractivity contribution in [1.82, 2.24) is 4.90 Å². The van der Waals surface area contributed by atoms with Crippen LogP contribution in [0, 0.1) is 0 Å². The Morgan fingerprint density at radius 2 is 2.25 bits per heavy atom. The molecule has 0 aliphatic carbocycles. The standard InChI is InChI=1S/C8H15NO3/c1-5-3-7(11)4-9(5)8(12)6(2)10/h5-7,10-11H,3-4H2,1-2H3/t5?,6-,7?/m0/s1. The monoisotopic (exact) mass is 173 g/mol. The molecule has 1 rings (SSSR count). The summed E-state index contributed by atoms with van der Waals surface area (Å²) in [4.78, 5) is 12.8. The van der Waals surface area contributed by atoms with E-state index in [4.69, 9.17) is 5.11 Å². The van der Waals surface area contributed by atoms with Gasteiger partial charge in [0, 0.05) is 12.6 Å². The highest BCUT2D eigenvalue weighted by molar-refractivity contribution is 5.80. The number of hydrogen-bond donors (Lipinski definition) is 2. The van der Waals surface area contributed by atoms with Crippen molar-refractivity contribution in [2.24, 2.45) is 0 Å². The molecule has 0 saturated carbocycles. The van der Waals surface area contributed by atoms with Crippen LogP contribution in [0.2, 0.25) is 0 Å². The van der Waals surface area contributed by atoms with Gasteiger partial charge in [0.05, 0.1) is 6.10 Å². The molecule has 0 aromatic rings. The first-order valence-corrected chi connectivity index (χ1v) is 4.19. The molecule has 1 amide bonds. The number of carbonyl (C=O) groups excluding carboxylic acids is 1. The van der Waals surface area contributed by atoms with Crippen LogP contribution < -0.4 is 0 Å². The molecule has 0 radical (unpaired) electrons. The van der Waals surface area contributed by atoms with E-state index in [2.05, 4.69) is 0 Å². The Bertz CT molecular complexity index is 181. The maximum Gasteiger partial charge on any atom is 0.251 e. The lowest BCUT2D eigenvalue weighted by atomic mass is 10.2. The first kappa shape index (κ1) is 9.48. The van der Waals surface area contributed by atoms with Crippen molar-refractivity contribution >= 4 is 5.91 Å². The first-order chi connectivity index (χ1) is 5.52. The number of nitrogens with zero attached hydrogens (tertiary/aromatic N) is 1. The van der Waals surface area contributed by atoms with E-state index in [1.54, 1.807) is 0 Å². The van der Waals surface area contributed by atoms with Crippen molar-refractivity contribution in [3.8, 4) is 0 Å². The quantitative estimate of drug-likeness (QED) is 0.554. The van der Waals surface area contributed by atoms with Crippen molar-refractivity contribution in [3.63, 3.8) is 0 Å². The largest absolute Gasteiger partial charge is 0.391 e. The molecule has 70 valence electrons. The molecule has 0 spiro atoms. The Hall–Kier alpha value is -0.610. The second kappa shape index (κ2) is 3.41. The molecule has 3 atom stereocenters. The van der Waals surface area contributed by atoms with Crippen LogP contribution >= 0.6 is 0 Å². The summed E-state index contributed by atoms with van der Waals surface area (Å²) in [5, 5.41) is 18.2. The minimum Gasteiger partial charge on any atom is -0.391 e. The van der Waals surface area contributed by atoms with E-state index in [1.807, 2.05) is 6.92 Å². The Balaban J connectivity index is 2.58. The molecule has 1 fully saturated rings. The van der Waals surface area contributed by atoms with E-state index in [0.717, 1.165) is 0 Å². The maximum absolute atomic E-state index is 11.3. The zero-order valence-electron chi connectivity index (χ0n) is 7.40. The topological polar surface area (TPSA) is 60.8 Å². The Morgan fingerprint density at radius 3 is 2.58 bits per heavy atom. The summed E-state index contributed by atoms with van der Waals surface area (Å²) >= 11 is 0. The molecule has 2 unspecified atom stereocenters. The van der Waals surface area contributed by atoms with Gasteiger partial charge < -0.3 is 15.1 Å². The summed E-state index contributed by atoms with van der Waals surface area (Å²) in [5.41, 5.74) is 0. The molecule has 2 N–H and O–H groups in total. The summed E-state index contributed by atoms with van der Waals surface area (Å²) in [6, 6.07) is 0.0436. The smallest absolute Gasteiger partial charge is 0.251 e. The maximum atomic E-state index is 11.3. The van der Waals surface area contributed by atoms with Crippen LogP contribution in [0.3, 0.4) is 0 Å². The average molecular weight is 173 g/mol. The molecule has 0 bridgehead atoms. The van der Waals surface area contributed by atoms with Crippen molar-refractivity contribution in [2.45, 2.75) is 38.5 Å². The van der Waals surface area contributed by atoms with E-state index < -0.39 is 12.2 Å². The Labute approximate surface area is 71.8 Å². The number of likely N-dealkylation sites (tertiary alicyclic amines) is 1. The fraction of sp³-hybridized carbons (Fsp3) is 0.875. The van der Waals surface area contributed by atoms with Gasteiger partial charge in [-0.2, -0.15) is 0 Å². The van der Waals surface area contributed by atoms with Gasteiger partial charge in [0.2, 0.25) is 0 Å². The fourth-order valence-corrected chi connectivity index (χ4v) is 1.55. The lowest BCUT2D eigenvalue weighted by molar-refractivity contribution is -0.140. The zero-order valence-corrected chi connectivity index (χ0v) is 7.40. The van der Waals surface area contributed by atoms with E-state index in [0.29, 0.717) is 13.0 Å². The van der Waals surface area contributed by atoms with Gasteiger partial charge in [0.25, 0.3) is 5.91 Å². The van der Waals surface area contributed by atoms with Gasteiger partial charge in [-0.25, -0.2) is 0 Å². The molecule has 1 saturated heterocycles. The van der Waals surface area contributed by atoms with Crippen molar-refractivity contribution in [3.05, 3.63) is 0 Å². The second-order valence-corrected chi connectivity index (χ2v) is 3.41. The van der Waals surface area contributed by atoms with E-state index in [9.17, 15) is 9.90 Å². The number of hydrogen-bond acceptors (Lipinski definition) is 3. The molecule has 1 heterocycles. The van der Waals surface area contributed by atoms with Crippen LogP contribution in [0.15, 0.2) is 0 Å². The molecular formula is C8H15NO3. The van der Waals surface area contributed by atoms with Crippen molar-refractivity contribution in [1.29, 1.82) is 0 Å². The number of aliphatic hydroxyl groups excluding tert-OH is 2. The third-order valence-corrected chi connectivity index (χ3v) is 2.19. The first-order valence-electron chi connectivity index (χ1n) is 4.19. The van der Waals surface area contributed by atoms with Crippen LogP contribution in [0.5, 0.6) is 0 Å². The lowest BCUT2D eigenvalue weighted by Crippen LogP contribution is -2.40. The van der Waals surface area contributed by atoms with E-state index >= 15 is 0 Å². The highest BCUT2D eigenvalue weighted by atomic mass is 16.3. The summed E-state index contributed by atoms with van der Waals surface area (Å²) < 4.78 is 0. The third kappa shape index (κ3) is 1.76. The molecule has 0 aromatic carbocycles. The Morgan fingerprint density at radius 1 is 1.67 bits per heavy atom. The molecule has 1 aliphatic heterocycles. The van der Waals surface area contributed by atoms with Gasteiger partial charge in [-0.1, -0.05) is 0 Å². The fourth-order valence-electron chi connectivity index (χ4n) is 1.55. The van der Waals surface area contributed by atoms with Crippen molar-refractivity contribution in [2.75, 3.05) is 6.54 Å². The number of amides is 1. The summed E-state index contributed by atoms with van der Waals surface area (Å²) in [5.74, 6) is -0.293. The van der Waals surface area contributed by atoms with E-state index in [-0.39, 0.29) is 11.9 Å². The van der Waals surface area contributed by atoms with E-state index in [1.165, 1.54) is 11.8 Å². The second-order valence-electron chi connectivity index (χ2n) is 3.41. The highest BCUT2D eigenvalue weighted by Crippen LogP contribution is 2.17. The molecule has 4 nitrogen and oxygen atoms in total. The van der Waals surface area contributed by atoms with Crippen LogP contribution in [-0.4, -0.2) is 45.8 Å². The third-order valence-electron chi connectivity index (χ3n) is 2.19. The molecule has 12 heavy (non-hydrogen) atoms. The van der Waals surface area contributed by atoms with Crippen LogP contribution in [0.1, 0.15) is 20.3 Å². The summed E-state index contributed by atoms with van der Waals surface area (Å²) in [6.07, 6.45) is -0.779. The summed E-state index contributed by atoms with van der Waals surface area (Å²) in [6.45, 7) is 3.67. The van der Waals surface area contributed by atoms with Gasteiger partial charge in [-0.05, 0) is 20.3 Å². The van der Waals surface area contributed by atoms with Crippen LogP contribution in [-0.2, 0) is 4.79 Å². The van der Waals surface area contributed by atoms with Crippen LogP contribution in [0.4, 0.5) is 0 Å². The van der Waals surface area contributed by atoms with Crippen molar-refractivity contribution < 1.29 is 15.0 Å². The molecular weight excluding hydrogens is 158 g/mol. The predicted molar refractivity (Wildman–Crippen MR) is 43.5 cm³/mol. The number of aliphatic hydroxyl groups is 2. The van der Waals surface area contributed by atoms with Crippen LogP contribution in [0.25, 0.3) is 0 Å². The van der Waals surface area contributed by atoms with Gasteiger partial charge in [-0.15, -0.1) is 0 Å². The molecule has 1 aliphatic rings. The minimum atomic E-state index is -0.960. The highest BCUT2D eigenvalue weighted by Gasteiger charge is 2.32. The predicted octanol–water partition coefficient (Wildman–Crippen LogP) is -0.651. The molecule has 4 heteroatoms. The zero-order chi connectivity index (χ0) is 9.30. The van der Waals surface area contributed by atoms with Gasteiger partial charge in [0.15, 0.2) is 0 Å². The van der Waals surface area contributed by atoms with Gasteiger partial charge in [0.1, 0.15) is 6.10 Å². The molecule has 0 aromatic heterocycles. The average Bonchev–Trinajstić information content (AvgIpc) is 2.28. The summed E-state index contributed by atoms with van der Waals surface area (Å²) in [7, 11) is 0. The van der Waals surface area contributed by atoms with Gasteiger partial charge >= 0.3 is 0 Å². The lowest BCUT2D eigenvalue weighted by Gasteiger charge is -2.22. The number of carbonyl (C=O) groups is 1. The number of rotatable bonds is 1. The minimum absolute atomic E-state index is 0.0436.